The fourth-order valence-electron chi connectivity index (χ4n) is 2.41. The van der Waals surface area contributed by atoms with E-state index in [-0.39, 0.29) is 0 Å². The van der Waals surface area contributed by atoms with Crippen molar-refractivity contribution in [1.29, 1.82) is 0 Å². The minimum atomic E-state index is -0.897. The largest absolute Gasteiger partial charge is 0.478 e. The van der Waals surface area contributed by atoms with E-state index in [0.717, 1.165) is 37.9 Å². The molecule has 0 aromatic heterocycles. The number of hydrogen-bond donors (Lipinski definition) is 2. The molecule has 0 fully saturated rings. The molecule has 0 saturated heterocycles. The van der Waals surface area contributed by atoms with E-state index in [1.807, 2.05) is 0 Å². The average molecular weight is 341 g/mol. The molecular weight excluding hydrogens is 310 g/mol. The smallest absolute Gasteiger partial charge is 0.335 e. The van der Waals surface area contributed by atoms with Crippen LogP contribution in [0, 0.1) is 0 Å². The van der Waals surface area contributed by atoms with Gasteiger partial charge in [-0.1, -0.05) is 34.9 Å². The van der Waals surface area contributed by atoms with Crippen molar-refractivity contribution in [2.45, 2.75) is 53.4 Å². The molecule has 0 bridgehead atoms. The second-order valence-corrected chi connectivity index (χ2v) is 6.72. The summed E-state index contributed by atoms with van der Waals surface area (Å²) in [4.78, 5) is 10.8. The zero-order valence-electron chi connectivity index (χ0n) is 15.9. The quantitative estimate of drug-likeness (QED) is 0.497. The minimum absolute atomic E-state index is 0.309. The summed E-state index contributed by atoms with van der Waals surface area (Å²) < 4.78 is 0. The van der Waals surface area contributed by atoms with Crippen molar-refractivity contribution in [2.75, 3.05) is 11.9 Å². The molecule has 136 valence electrons. The lowest BCUT2D eigenvalue weighted by Gasteiger charge is -2.05. The van der Waals surface area contributed by atoms with Crippen LogP contribution in [-0.4, -0.2) is 17.6 Å². The molecule has 1 rings (SSSR count). The van der Waals surface area contributed by atoms with Crippen LogP contribution in [0.4, 0.5) is 5.69 Å². The van der Waals surface area contributed by atoms with Gasteiger partial charge in [0.05, 0.1) is 5.56 Å². The van der Waals surface area contributed by atoms with E-state index in [1.165, 1.54) is 16.7 Å². The first-order chi connectivity index (χ1) is 11.9. The standard InChI is InChI=1S/C22H31NO2/c1-17(2)7-5-8-18(3)9-6-10-19(4)15-16-23-21-13-11-20(12-14-21)22(24)25/h7,9,11-15,23H,5-6,8,10,16H2,1-4H3,(H,24,25)/b18-9+,19-15+. The molecular formula is C22H31NO2. The van der Waals surface area contributed by atoms with Gasteiger partial charge in [0.25, 0.3) is 0 Å². The van der Waals surface area contributed by atoms with Crippen molar-refractivity contribution in [1.82, 2.24) is 0 Å². The Morgan fingerprint density at radius 3 is 2.04 bits per heavy atom. The zero-order chi connectivity index (χ0) is 18.7. The molecule has 1 aromatic carbocycles. The summed E-state index contributed by atoms with van der Waals surface area (Å²) >= 11 is 0. The molecule has 1 aromatic rings. The molecule has 2 N–H and O–H groups in total. The number of rotatable bonds is 10. The summed E-state index contributed by atoms with van der Waals surface area (Å²) in [6.07, 6.45) is 11.2. The van der Waals surface area contributed by atoms with Crippen molar-refractivity contribution in [2.24, 2.45) is 0 Å². The number of carboxylic acid groups (broad SMARTS) is 1. The Hall–Kier alpha value is -2.29. The van der Waals surface area contributed by atoms with Gasteiger partial charge in [-0.25, -0.2) is 4.79 Å². The molecule has 0 spiro atoms. The molecule has 0 atom stereocenters. The number of nitrogens with one attached hydrogen (secondary N) is 1. The Labute approximate surface area is 152 Å². The third-order valence-electron chi connectivity index (χ3n) is 4.01. The van der Waals surface area contributed by atoms with Gasteiger partial charge in [-0.05, 0) is 77.6 Å². The SMILES string of the molecule is CC(C)=CCC/C(C)=C/CC/C(C)=C/CNc1ccc(C(=O)O)cc1. The highest BCUT2D eigenvalue weighted by Crippen LogP contribution is 2.12. The highest BCUT2D eigenvalue weighted by molar-refractivity contribution is 5.87. The van der Waals surface area contributed by atoms with Crippen LogP contribution in [0.5, 0.6) is 0 Å². The molecule has 0 saturated carbocycles. The third-order valence-corrected chi connectivity index (χ3v) is 4.01. The number of carbonyl (C=O) groups is 1. The molecule has 0 unspecified atom stereocenters. The Balaban J connectivity index is 2.31. The monoisotopic (exact) mass is 341 g/mol. The van der Waals surface area contributed by atoms with Gasteiger partial charge in [0.15, 0.2) is 0 Å². The highest BCUT2D eigenvalue weighted by Gasteiger charge is 2.00. The lowest BCUT2D eigenvalue weighted by Crippen LogP contribution is -2.00. The molecule has 0 amide bonds. The molecule has 0 heterocycles. The van der Waals surface area contributed by atoms with Gasteiger partial charge < -0.3 is 10.4 Å². The lowest BCUT2D eigenvalue weighted by atomic mass is 10.1. The van der Waals surface area contributed by atoms with Crippen LogP contribution < -0.4 is 5.32 Å². The Kier molecular flexibility index (Phi) is 9.38. The minimum Gasteiger partial charge on any atom is -0.478 e. The van der Waals surface area contributed by atoms with E-state index < -0.39 is 5.97 Å². The number of aromatic carboxylic acids is 1. The lowest BCUT2D eigenvalue weighted by molar-refractivity contribution is 0.0697. The molecule has 0 aliphatic heterocycles. The Morgan fingerprint density at radius 2 is 1.48 bits per heavy atom. The fourth-order valence-corrected chi connectivity index (χ4v) is 2.41. The third kappa shape index (κ3) is 9.55. The first-order valence-corrected chi connectivity index (χ1v) is 8.90. The van der Waals surface area contributed by atoms with Crippen LogP contribution in [0.3, 0.4) is 0 Å². The maximum Gasteiger partial charge on any atom is 0.335 e. The van der Waals surface area contributed by atoms with Gasteiger partial charge in [0.2, 0.25) is 0 Å². The van der Waals surface area contributed by atoms with E-state index in [2.05, 4.69) is 51.2 Å². The summed E-state index contributed by atoms with van der Waals surface area (Å²) in [5.74, 6) is -0.897. The van der Waals surface area contributed by atoms with Crippen molar-refractivity contribution in [3.63, 3.8) is 0 Å². The zero-order valence-corrected chi connectivity index (χ0v) is 15.9. The number of carboxylic acids is 1. The summed E-state index contributed by atoms with van der Waals surface area (Å²) in [6, 6.07) is 6.82. The van der Waals surface area contributed by atoms with E-state index in [9.17, 15) is 4.79 Å². The summed E-state index contributed by atoms with van der Waals surface area (Å²) in [5.41, 5.74) is 5.45. The van der Waals surface area contributed by atoms with Crippen LogP contribution in [0.1, 0.15) is 63.7 Å². The Bertz CT molecular complexity index is 632. The molecule has 0 aliphatic carbocycles. The maximum absolute atomic E-state index is 10.8. The van der Waals surface area contributed by atoms with Crippen molar-refractivity contribution in [3.8, 4) is 0 Å². The predicted octanol–water partition coefficient (Wildman–Crippen LogP) is 6.22. The Morgan fingerprint density at radius 1 is 0.920 bits per heavy atom. The summed E-state index contributed by atoms with van der Waals surface area (Å²) in [6.45, 7) is 9.40. The fraction of sp³-hybridized carbons (Fsp3) is 0.409. The van der Waals surface area contributed by atoms with Crippen molar-refractivity contribution >= 4 is 11.7 Å². The predicted molar refractivity (Wildman–Crippen MR) is 107 cm³/mol. The average Bonchev–Trinajstić information content (AvgIpc) is 2.55. The number of allylic oxidation sites excluding steroid dienone is 5. The van der Waals surface area contributed by atoms with Crippen LogP contribution >= 0.6 is 0 Å². The number of benzene rings is 1. The van der Waals surface area contributed by atoms with Gasteiger partial charge in [-0.15, -0.1) is 0 Å². The first-order valence-electron chi connectivity index (χ1n) is 8.90. The summed E-state index contributed by atoms with van der Waals surface area (Å²) in [7, 11) is 0. The van der Waals surface area contributed by atoms with Crippen LogP contribution in [0.15, 0.2) is 59.2 Å². The molecule has 3 heteroatoms. The molecule has 3 nitrogen and oxygen atoms in total. The van der Waals surface area contributed by atoms with Gasteiger partial charge in [0, 0.05) is 12.2 Å². The van der Waals surface area contributed by atoms with Crippen molar-refractivity contribution < 1.29 is 9.90 Å². The van der Waals surface area contributed by atoms with E-state index >= 15 is 0 Å². The second-order valence-electron chi connectivity index (χ2n) is 6.72. The first kappa shape index (κ1) is 20.8. The van der Waals surface area contributed by atoms with Crippen LogP contribution in [-0.2, 0) is 0 Å². The van der Waals surface area contributed by atoms with E-state index in [1.54, 1.807) is 24.3 Å². The van der Waals surface area contributed by atoms with Gasteiger partial charge in [-0.2, -0.15) is 0 Å². The highest BCUT2D eigenvalue weighted by atomic mass is 16.4. The van der Waals surface area contributed by atoms with Gasteiger partial charge >= 0.3 is 5.97 Å². The second kappa shape index (κ2) is 11.3. The molecule has 0 aliphatic rings. The van der Waals surface area contributed by atoms with Crippen LogP contribution in [0.2, 0.25) is 0 Å². The number of hydrogen-bond acceptors (Lipinski definition) is 2. The van der Waals surface area contributed by atoms with Gasteiger partial charge in [-0.3, -0.25) is 0 Å². The molecule has 25 heavy (non-hydrogen) atoms. The van der Waals surface area contributed by atoms with Crippen LogP contribution in [0.25, 0.3) is 0 Å². The molecule has 0 radical (unpaired) electrons. The van der Waals surface area contributed by atoms with Gasteiger partial charge in [0.1, 0.15) is 0 Å². The summed E-state index contributed by atoms with van der Waals surface area (Å²) in [5, 5.41) is 12.2. The van der Waals surface area contributed by atoms with E-state index in [0.29, 0.717) is 5.56 Å². The van der Waals surface area contributed by atoms with E-state index in [4.69, 9.17) is 5.11 Å². The maximum atomic E-state index is 10.8. The normalized spacial score (nSPS) is 12.0. The van der Waals surface area contributed by atoms with Crippen molar-refractivity contribution in [3.05, 3.63) is 64.8 Å². The number of anilines is 1. The topological polar surface area (TPSA) is 49.3 Å².